The SMILES string of the molecule is COC(=O)CCCCCCC(=O)N(C)C(C(=O)NCc1ccccc1)c1ccc(C=CC(=O)NO)cc1. The summed E-state index contributed by atoms with van der Waals surface area (Å²) in [5, 5.41) is 11.5. The molecular formula is C28H35N3O6. The molecule has 37 heavy (non-hydrogen) atoms. The zero-order valence-electron chi connectivity index (χ0n) is 21.3. The minimum Gasteiger partial charge on any atom is -0.469 e. The van der Waals surface area contributed by atoms with Crippen LogP contribution in [0.2, 0.25) is 0 Å². The number of esters is 1. The lowest BCUT2D eigenvalue weighted by molar-refractivity contribution is -0.140. The van der Waals surface area contributed by atoms with E-state index in [0.717, 1.165) is 18.4 Å². The van der Waals surface area contributed by atoms with Crippen LogP contribution in [0.3, 0.4) is 0 Å². The van der Waals surface area contributed by atoms with Crippen LogP contribution in [0.1, 0.15) is 61.3 Å². The van der Waals surface area contributed by atoms with Gasteiger partial charge in [0.25, 0.3) is 5.91 Å². The second-order valence-electron chi connectivity index (χ2n) is 8.58. The maximum Gasteiger partial charge on any atom is 0.305 e. The highest BCUT2D eigenvalue weighted by Gasteiger charge is 2.28. The third kappa shape index (κ3) is 10.3. The van der Waals surface area contributed by atoms with Gasteiger partial charge in [0, 0.05) is 32.5 Å². The largest absolute Gasteiger partial charge is 0.469 e. The van der Waals surface area contributed by atoms with Crippen LogP contribution in [0, 0.1) is 0 Å². The van der Waals surface area contributed by atoms with Crippen molar-refractivity contribution in [3.05, 3.63) is 77.4 Å². The van der Waals surface area contributed by atoms with Crippen LogP contribution >= 0.6 is 0 Å². The van der Waals surface area contributed by atoms with Crippen molar-refractivity contribution in [2.45, 2.75) is 51.1 Å². The number of nitrogens with one attached hydrogen (secondary N) is 2. The lowest BCUT2D eigenvalue weighted by Gasteiger charge is -2.28. The number of carbonyl (C=O) groups excluding carboxylic acids is 4. The van der Waals surface area contributed by atoms with Crippen LogP contribution in [-0.2, 0) is 30.5 Å². The molecule has 1 atom stereocenters. The zero-order valence-corrected chi connectivity index (χ0v) is 21.3. The highest BCUT2D eigenvalue weighted by Crippen LogP contribution is 2.23. The van der Waals surface area contributed by atoms with Crippen molar-refractivity contribution < 1.29 is 29.1 Å². The van der Waals surface area contributed by atoms with Crippen molar-refractivity contribution in [1.29, 1.82) is 0 Å². The summed E-state index contributed by atoms with van der Waals surface area (Å²) in [7, 11) is 2.98. The molecule has 198 valence electrons. The average molecular weight is 510 g/mol. The van der Waals surface area contributed by atoms with Crippen molar-refractivity contribution in [2.75, 3.05) is 14.2 Å². The van der Waals surface area contributed by atoms with Gasteiger partial charge in [-0.05, 0) is 35.6 Å². The predicted octanol–water partition coefficient (Wildman–Crippen LogP) is 3.53. The summed E-state index contributed by atoms with van der Waals surface area (Å²) >= 11 is 0. The van der Waals surface area contributed by atoms with E-state index in [9.17, 15) is 19.2 Å². The van der Waals surface area contributed by atoms with E-state index in [2.05, 4.69) is 10.1 Å². The summed E-state index contributed by atoms with van der Waals surface area (Å²) in [5.74, 6) is -1.35. The van der Waals surface area contributed by atoms with Crippen molar-refractivity contribution in [1.82, 2.24) is 15.7 Å². The third-order valence-electron chi connectivity index (χ3n) is 5.88. The van der Waals surface area contributed by atoms with E-state index in [1.54, 1.807) is 31.3 Å². The number of hydrogen-bond donors (Lipinski definition) is 3. The number of amides is 3. The molecule has 0 aromatic heterocycles. The fourth-order valence-electron chi connectivity index (χ4n) is 3.75. The van der Waals surface area contributed by atoms with Gasteiger partial charge in [-0.15, -0.1) is 0 Å². The molecule has 0 aliphatic heterocycles. The van der Waals surface area contributed by atoms with Crippen LogP contribution < -0.4 is 10.8 Å². The second-order valence-corrected chi connectivity index (χ2v) is 8.58. The van der Waals surface area contributed by atoms with E-state index >= 15 is 0 Å². The molecule has 3 N–H and O–H groups in total. The van der Waals surface area contributed by atoms with Crippen molar-refractivity contribution >= 4 is 29.8 Å². The van der Waals surface area contributed by atoms with Crippen molar-refractivity contribution in [3.63, 3.8) is 0 Å². The Kier molecular flexibility index (Phi) is 12.6. The van der Waals surface area contributed by atoms with Gasteiger partial charge in [0.1, 0.15) is 6.04 Å². The number of methoxy groups -OCH3 is 1. The summed E-state index contributed by atoms with van der Waals surface area (Å²) in [6.45, 7) is 0.329. The Morgan fingerprint density at radius 1 is 0.946 bits per heavy atom. The molecule has 0 bridgehead atoms. The highest BCUT2D eigenvalue weighted by molar-refractivity contribution is 5.91. The minimum absolute atomic E-state index is 0.156. The van der Waals surface area contributed by atoms with Gasteiger partial charge in [0.2, 0.25) is 11.8 Å². The van der Waals surface area contributed by atoms with E-state index in [1.165, 1.54) is 29.6 Å². The zero-order chi connectivity index (χ0) is 27.0. The Balaban J connectivity index is 2.07. The highest BCUT2D eigenvalue weighted by atomic mass is 16.5. The number of rotatable bonds is 14. The molecule has 1 unspecified atom stereocenters. The standard InChI is InChI=1S/C28H35N3O6/c1-31(25(33)12-8-3-4-9-13-26(34)37-2)27(28(35)29-20-22-10-6-5-7-11-22)23-17-14-21(15-18-23)16-19-24(32)30-36/h5-7,10-11,14-19,27,36H,3-4,8-9,12-13,20H2,1-2H3,(H,29,35)(H,30,32). The van der Waals surface area contributed by atoms with Crippen LogP contribution in [0.15, 0.2) is 60.7 Å². The van der Waals surface area contributed by atoms with Crippen LogP contribution in [-0.4, -0.2) is 48.0 Å². The molecule has 9 heteroatoms. The van der Waals surface area contributed by atoms with Crippen molar-refractivity contribution in [3.8, 4) is 0 Å². The Hall–Kier alpha value is -3.98. The van der Waals surface area contributed by atoms with Gasteiger partial charge in [0.05, 0.1) is 7.11 Å². The van der Waals surface area contributed by atoms with Gasteiger partial charge in [-0.2, -0.15) is 0 Å². The lowest BCUT2D eigenvalue weighted by atomic mass is 10.0. The fraction of sp³-hybridized carbons (Fsp3) is 0.357. The molecule has 0 fully saturated rings. The van der Waals surface area contributed by atoms with Gasteiger partial charge in [-0.3, -0.25) is 24.4 Å². The molecule has 0 saturated carbocycles. The molecule has 0 aliphatic carbocycles. The first-order valence-electron chi connectivity index (χ1n) is 12.2. The third-order valence-corrected chi connectivity index (χ3v) is 5.88. The number of nitrogens with zero attached hydrogens (tertiary/aromatic N) is 1. The summed E-state index contributed by atoms with van der Waals surface area (Å²) in [6.07, 6.45) is 6.33. The Morgan fingerprint density at radius 2 is 1.59 bits per heavy atom. The first-order valence-corrected chi connectivity index (χ1v) is 12.2. The van der Waals surface area contributed by atoms with Crippen LogP contribution in [0.4, 0.5) is 0 Å². The molecule has 0 aliphatic rings. The van der Waals surface area contributed by atoms with Gasteiger partial charge < -0.3 is 15.0 Å². The Morgan fingerprint density at radius 3 is 2.22 bits per heavy atom. The van der Waals surface area contributed by atoms with Gasteiger partial charge >= 0.3 is 5.97 Å². The monoisotopic (exact) mass is 509 g/mol. The molecule has 9 nitrogen and oxygen atoms in total. The number of ether oxygens (including phenoxy) is 1. The normalized spacial score (nSPS) is 11.5. The maximum atomic E-state index is 13.3. The topological polar surface area (TPSA) is 125 Å². The molecule has 0 spiro atoms. The second kappa shape index (κ2) is 15.9. The van der Waals surface area contributed by atoms with E-state index in [4.69, 9.17) is 5.21 Å². The maximum absolute atomic E-state index is 13.3. The Labute approximate surface area is 217 Å². The van der Waals surface area contributed by atoms with Crippen molar-refractivity contribution in [2.24, 2.45) is 0 Å². The molecule has 2 aromatic carbocycles. The summed E-state index contributed by atoms with van der Waals surface area (Å²) in [4.78, 5) is 50.2. The van der Waals surface area contributed by atoms with Gasteiger partial charge in [-0.25, -0.2) is 5.48 Å². The summed E-state index contributed by atoms with van der Waals surface area (Å²) < 4.78 is 4.63. The first kappa shape index (κ1) is 29.3. The number of carbonyl (C=O) groups is 4. The summed E-state index contributed by atoms with van der Waals surface area (Å²) in [6, 6.07) is 15.6. The molecule has 3 amide bonds. The average Bonchev–Trinajstić information content (AvgIpc) is 2.93. The predicted molar refractivity (Wildman–Crippen MR) is 139 cm³/mol. The van der Waals surface area contributed by atoms with E-state index in [-0.39, 0.29) is 24.2 Å². The van der Waals surface area contributed by atoms with Crippen LogP contribution in [0.25, 0.3) is 6.08 Å². The quantitative estimate of drug-likeness (QED) is 0.118. The number of benzene rings is 2. The lowest BCUT2D eigenvalue weighted by Crippen LogP contribution is -2.41. The van der Waals surface area contributed by atoms with E-state index in [0.29, 0.717) is 36.9 Å². The van der Waals surface area contributed by atoms with Gasteiger partial charge in [-0.1, -0.05) is 67.4 Å². The molecule has 0 heterocycles. The van der Waals surface area contributed by atoms with Crippen LogP contribution in [0.5, 0.6) is 0 Å². The smallest absolute Gasteiger partial charge is 0.305 e. The molecular weight excluding hydrogens is 474 g/mol. The number of likely N-dealkylation sites (N-methyl/N-ethyl adjacent to an activating group) is 1. The number of hydrogen-bond acceptors (Lipinski definition) is 6. The number of unbranched alkanes of at least 4 members (excludes halogenated alkanes) is 3. The first-order chi connectivity index (χ1) is 17.8. The minimum atomic E-state index is -0.839. The molecule has 0 saturated heterocycles. The van der Waals surface area contributed by atoms with E-state index in [1.807, 2.05) is 30.3 Å². The molecule has 2 aromatic rings. The van der Waals surface area contributed by atoms with Gasteiger partial charge in [0.15, 0.2) is 0 Å². The number of hydroxylamine groups is 1. The molecule has 0 radical (unpaired) electrons. The fourth-order valence-corrected chi connectivity index (χ4v) is 3.75. The summed E-state index contributed by atoms with van der Waals surface area (Å²) in [5.41, 5.74) is 3.79. The molecule has 2 rings (SSSR count). The Bertz CT molecular complexity index is 1050. The van der Waals surface area contributed by atoms with E-state index < -0.39 is 11.9 Å².